The largest absolute Gasteiger partial charge is 0.384 e. The molecule has 27 heavy (non-hydrogen) atoms. The Morgan fingerprint density at radius 1 is 1.15 bits per heavy atom. The highest BCUT2D eigenvalue weighted by molar-refractivity contribution is 5.87. The number of benzene rings is 1. The Labute approximate surface area is 164 Å². The molecule has 0 radical (unpaired) electrons. The lowest BCUT2D eigenvalue weighted by atomic mass is 9.68. The quantitative estimate of drug-likeness (QED) is 0.658. The summed E-state index contributed by atoms with van der Waals surface area (Å²) in [4.78, 5) is 14.8. The summed E-state index contributed by atoms with van der Waals surface area (Å²) in [7, 11) is 1.85. The van der Waals surface area contributed by atoms with Crippen LogP contribution < -0.4 is 0 Å². The number of carbonyl (C=O) groups excluding carboxylic acids is 1. The van der Waals surface area contributed by atoms with Crippen molar-refractivity contribution in [3.8, 4) is 0 Å². The monoisotopic (exact) mass is 369 g/mol. The van der Waals surface area contributed by atoms with E-state index >= 15 is 0 Å². The molecular formula is C24H35NO2. The topological polar surface area (TPSA) is 29.5 Å². The van der Waals surface area contributed by atoms with Crippen LogP contribution in [0.1, 0.15) is 69.8 Å². The number of Topliss-reactive ketones (excluding diaryl/α,β-unsaturated/α-hetero) is 1. The van der Waals surface area contributed by atoms with Crippen LogP contribution in [0.2, 0.25) is 0 Å². The third kappa shape index (κ3) is 3.73. The minimum atomic E-state index is -0.117. The maximum atomic E-state index is 12.3. The average molecular weight is 370 g/mol. The van der Waals surface area contributed by atoms with Gasteiger partial charge in [-0.1, -0.05) is 30.3 Å². The summed E-state index contributed by atoms with van der Waals surface area (Å²) < 4.78 is 5.67. The van der Waals surface area contributed by atoms with Gasteiger partial charge >= 0.3 is 0 Å². The van der Waals surface area contributed by atoms with Gasteiger partial charge in [0.2, 0.25) is 0 Å². The smallest absolute Gasteiger partial charge is 0.150 e. The first-order chi connectivity index (χ1) is 13.1. The lowest BCUT2D eigenvalue weighted by Crippen LogP contribution is -2.61. The minimum Gasteiger partial charge on any atom is -0.384 e. The van der Waals surface area contributed by atoms with E-state index in [0.29, 0.717) is 11.2 Å². The molecule has 0 spiro atoms. The van der Waals surface area contributed by atoms with Gasteiger partial charge in [-0.2, -0.15) is 0 Å². The number of ether oxygens (including phenoxy) is 1. The molecule has 2 atom stereocenters. The Morgan fingerprint density at radius 3 is 2.41 bits per heavy atom. The molecule has 0 bridgehead atoms. The van der Waals surface area contributed by atoms with E-state index in [-0.39, 0.29) is 5.54 Å². The van der Waals surface area contributed by atoms with Crippen LogP contribution in [0.5, 0.6) is 0 Å². The highest BCUT2D eigenvalue weighted by atomic mass is 16.5. The average Bonchev–Trinajstić information content (AvgIpc) is 3.41. The second-order valence-electron chi connectivity index (χ2n) is 9.41. The van der Waals surface area contributed by atoms with Crippen LogP contribution in [0.4, 0.5) is 0 Å². The summed E-state index contributed by atoms with van der Waals surface area (Å²) in [6, 6.07) is 11.0. The van der Waals surface area contributed by atoms with Crippen molar-refractivity contribution in [2.45, 2.75) is 69.7 Å². The highest BCUT2D eigenvalue weighted by Gasteiger charge is 2.49. The number of piperidine rings is 1. The number of carbonyl (C=O) groups is 1. The fourth-order valence-electron chi connectivity index (χ4n) is 5.75. The molecular weight excluding hydrogens is 334 g/mol. The maximum absolute atomic E-state index is 12.3. The van der Waals surface area contributed by atoms with Crippen LogP contribution in [-0.2, 0) is 9.53 Å². The third-order valence-corrected chi connectivity index (χ3v) is 7.91. The molecule has 1 unspecified atom stereocenters. The molecule has 0 aromatic heterocycles. The first kappa shape index (κ1) is 19.1. The Kier molecular flexibility index (Phi) is 5.44. The molecule has 0 N–H and O–H groups in total. The number of rotatable bonds is 8. The number of ketones is 1. The van der Waals surface area contributed by atoms with E-state index < -0.39 is 0 Å². The van der Waals surface area contributed by atoms with Crippen molar-refractivity contribution in [1.29, 1.82) is 0 Å². The zero-order chi connectivity index (χ0) is 18.9. The van der Waals surface area contributed by atoms with Crippen LogP contribution >= 0.6 is 0 Å². The Morgan fingerprint density at radius 2 is 1.85 bits per heavy atom. The molecule has 1 aliphatic heterocycles. The second kappa shape index (κ2) is 7.67. The van der Waals surface area contributed by atoms with Gasteiger partial charge in [-0.15, -0.1) is 0 Å². The van der Waals surface area contributed by atoms with Crippen molar-refractivity contribution in [2.24, 2.45) is 11.3 Å². The third-order valence-electron chi connectivity index (χ3n) is 7.91. The summed E-state index contributed by atoms with van der Waals surface area (Å²) in [5.41, 5.74) is 1.72. The normalized spacial score (nSPS) is 29.1. The highest BCUT2D eigenvalue weighted by Crippen LogP contribution is 2.52. The molecule has 0 amide bonds. The SMILES string of the molecule is COCC1(CC[C@@H]2CC2c2ccccc2)CCN(C2(C(C)=O)CCC2)CC1. The minimum absolute atomic E-state index is 0.117. The predicted molar refractivity (Wildman–Crippen MR) is 109 cm³/mol. The van der Waals surface area contributed by atoms with E-state index in [1.54, 1.807) is 6.92 Å². The molecule has 3 fully saturated rings. The van der Waals surface area contributed by atoms with Gasteiger partial charge in [0.15, 0.2) is 0 Å². The number of hydrogen-bond acceptors (Lipinski definition) is 3. The number of hydrogen-bond donors (Lipinski definition) is 0. The molecule has 4 rings (SSSR count). The fourth-order valence-corrected chi connectivity index (χ4v) is 5.75. The summed E-state index contributed by atoms with van der Waals surface area (Å²) in [5.74, 6) is 2.02. The zero-order valence-electron chi connectivity index (χ0n) is 17.1. The van der Waals surface area contributed by atoms with E-state index in [1.807, 2.05) is 7.11 Å². The predicted octanol–water partition coefficient (Wildman–Crippen LogP) is 4.81. The van der Waals surface area contributed by atoms with E-state index in [1.165, 1.54) is 44.1 Å². The van der Waals surface area contributed by atoms with Crippen LogP contribution in [-0.4, -0.2) is 43.0 Å². The Bertz CT molecular complexity index is 644. The van der Waals surface area contributed by atoms with E-state index in [0.717, 1.165) is 44.4 Å². The van der Waals surface area contributed by atoms with Gasteiger partial charge in [0.25, 0.3) is 0 Å². The second-order valence-corrected chi connectivity index (χ2v) is 9.41. The standard InChI is InChI=1S/C24H35NO2/c1-19(26)24(10-6-11-24)25-15-13-23(14-16-25,18-27-2)12-9-21-17-22(21)20-7-4-3-5-8-20/h3-5,7-8,21-22H,6,9-18H2,1-2H3/t21-,22?/m1/s1. The summed E-state index contributed by atoms with van der Waals surface area (Å²) in [6.45, 7) is 4.80. The van der Waals surface area contributed by atoms with Gasteiger partial charge in [-0.05, 0) is 94.2 Å². The molecule has 1 saturated heterocycles. The first-order valence-corrected chi connectivity index (χ1v) is 10.9. The fraction of sp³-hybridized carbons (Fsp3) is 0.708. The van der Waals surface area contributed by atoms with Gasteiger partial charge in [-0.3, -0.25) is 9.69 Å². The maximum Gasteiger partial charge on any atom is 0.150 e. The van der Waals surface area contributed by atoms with Gasteiger partial charge in [0.1, 0.15) is 5.78 Å². The molecule has 2 aliphatic carbocycles. The van der Waals surface area contributed by atoms with Crippen LogP contribution in [0.3, 0.4) is 0 Å². The lowest BCUT2D eigenvalue weighted by molar-refractivity contribution is -0.139. The van der Waals surface area contributed by atoms with Gasteiger partial charge in [0.05, 0.1) is 12.1 Å². The van der Waals surface area contributed by atoms with Crippen LogP contribution in [0, 0.1) is 11.3 Å². The van der Waals surface area contributed by atoms with Crippen molar-refractivity contribution in [3.05, 3.63) is 35.9 Å². The number of nitrogens with zero attached hydrogens (tertiary/aromatic N) is 1. The summed E-state index contributed by atoms with van der Waals surface area (Å²) in [5, 5.41) is 0. The molecule has 3 aliphatic rings. The van der Waals surface area contributed by atoms with Gasteiger partial charge in [0, 0.05) is 7.11 Å². The Hall–Kier alpha value is -1.19. The van der Waals surface area contributed by atoms with E-state index in [4.69, 9.17) is 4.74 Å². The first-order valence-electron chi connectivity index (χ1n) is 10.9. The molecule has 1 aromatic carbocycles. The van der Waals surface area contributed by atoms with Gasteiger partial charge < -0.3 is 4.74 Å². The van der Waals surface area contributed by atoms with Crippen molar-refractivity contribution >= 4 is 5.78 Å². The van der Waals surface area contributed by atoms with Crippen molar-refractivity contribution in [1.82, 2.24) is 4.90 Å². The van der Waals surface area contributed by atoms with Crippen LogP contribution in [0.15, 0.2) is 30.3 Å². The molecule has 1 heterocycles. The molecule has 148 valence electrons. The molecule has 3 heteroatoms. The number of likely N-dealkylation sites (tertiary alicyclic amines) is 1. The zero-order valence-corrected chi connectivity index (χ0v) is 17.1. The molecule has 3 nitrogen and oxygen atoms in total. The summed E-state index contributed by atoms with van der Waals surface area (Å²) >= 11 is 0. The van der Waals surface area contributed by atoms with Crippen molar-refractivity contribution in [3.63, 3.8) is 0 Å². The molecule has 1 aromatic rings. The van der Waals surface area contributed by atoms with Crippen LogP contribution in [0.25, 0.3) is 0 Å². The number of methoxy groups -OCH3 is 1. The Balaban J connectivity index is 1.33. The molecule has 2 saturated carbocycles. The lowest BCUT2D eigenvalue weighted by Gasteiger charge is -2.53. The van der Waals surface area contributed by atoms with E-state index in [2.05, 4.69) is 35.2 Å². The van der Waals surface area contributed by atoms with Gasteiger partial charge in [-0.25, -0.2) is 0 Å². The van der Waals surface area contributed by atoms with Crippen molar-refractivity contribution < 1.29 is 9.53 Å². The van der Waals surface area contributed by atoms with Crippen molar-refractivity contribution in [2.75, 3.05) is 26.8 Å². The summed E-state index contributed by atoms with van der Waals surface area (Å²) in [6.07, 6.45) is 9.66. The van der Waals surface area contributed by atoms with E-state index in [9.17, 15) is 4.79 Å².